The van der Waals surface area contributed by atoms with E-state index in [1.165, 1.54) is 0 Å². The Morgan fingerprint density at radius 1 is 1.40 bits per heavy atom. The fraction of sp³-hybridized carbons (Fsp3) is 0.286. The molecule has 0 amide bonds. The van der Waals surface area contributed by atoms with Crippen LogP contribution < -0.4 is 16.0 Å². The van der Waals surface area contributed by atoms with Crippen LogP contribution in [0.4, 0.5) is 0 Å². The molecule has 3 rings (SSSR count). The number of nitrogens with one attached hydrogen (secondary N) is 1. The Bertz CT molecular complexity index is 754. The summed E-state index contributed by atoms with van der Waals surface area (Å²) >= 11 is 5.78. The van der Waals surface area contributed by atoms with Crippen molar-refractivity contribution in [3.8, 4) is 5.75 Å². The number of ether oxygens (including phenoxy) is 1. The second-order valence-electron chi connectivity index (χ2n) is 4.84. The lowest BCUT2D eigenvalue weighted by Gasteiger charge is -2.12. The largest absolute Gasteiger partial charge is 0.488 e. The standard InChI is InChI=1S/C14H13ClN2O3/c1-8-12(15)16-14(19)17(13(8)18)7-10-6-9-4-2-3-5-11(9)20-10/h2-5,10H,6-7H2,1H3,(H,16,19). The Balaban J connectivity index is 1.90. The number of aromatic amines is 1. The summed E-state index contributed by atoms with van der Waals surface area (Å²) < 4.78 is 6.88. The Labute approximate surface area is 119 Å². The number of fused-ring (bicyclic) bond motifs is 1. The number of aromatic nitrogens is 2. The number of rotatable bonds is 2. The molecule has 5 nitrogen and oxygen atoms in total. The van der Waals surface area contributed by atoms with Crippen LogP contribution in [0, 0.1) is 6.92 Å². The molecule has 0 aliphatic carbocycles. The minimum absolute atomic E-state index is 0.0897. The van der Waals surface area contributed by atoms with Crippen molar-refractivity contribution < 1.29 is 4.74 Å². The fourth-order valence-electron chi connectivity index (χ4n) is 2.37. The van der Waals surface area contributed by atoms with Crippen molar-refractivity contribution in [2.45, 2.75) is 26.0 Å². The molecular weight excluding hydrogens is 280 g/mol. The maximum absolute atomic E-state index is 12.1. The van der Waals surface area contributed by atoms with Crippen molar-refractivity contribution in [1.29, 1.82) is 0 Å². The zero-order chi connectivity index (χ0) is 14.3. The van der Waals surface area contributed by atoms with Crippen LogP contribution in [0.15, 0.2) is 33.9 Å². The van der Waals surface area contributed by atoms with Crippen LogP contribution in [0.3, 0.4) is 0 Å². The summed E-state index contributed by atoms with van der Waals surface area (Å²) in [5.41, 5.74) is 0.540. The molecule has 1 atom stereocenters. The Morgan fingerprint density at radius 2 is 2.15 bits per heavy atom. The number of benzene rings is 1. The van der Waals surface area contributed by atoms with Gasteiger partial charge in [-0.2, -0.15) is 0 Å². The molecule has 104 valence electrons. The molecule has 2 heterocycles. The lowest BCUT2D eigenvalue weighted by atomic mass is 10.1. The van der Waals surface area contributed by atoms with Crippen LogP contribution in [-0.4, -0.2) is 15.7 Å². The molecule has 0 saturated heterocycles. The first-order valence-corrected chi connectivity index (χ1v) is 6.68. The molecule has 0 spiro atoms. The first-order valence-electron chi connectivity index (χ1n) is 6.30. The second-order valence-corrected chi connectivity index (χ2v) is 5.21. The molecule has 1 aromatic carbocycles. The number of hydrogen-bond donors (Lipinski definition) is 1. The molecule has 0 fully saturated rings. The fourth-order valence-corrected chi connectivity index (χ4v) is 2.53. The van der Waals surface area contributed by atoms with E-state index in [1.54, 1.807) is 6.92 Å². The monoisotopic (exact) mass is 292 g/mol. The van der Waals surface area contributed by atoms with Crippen molar-refractivity contribution in [2.75, 3.05) is 0 Å². The third-order valence-electron chi connectivity index (χ3n) is 3.46. The van der Waals surface area contributed by atoms with E-state index in [1.807, 2.05) is 24.3 Å². The van der Waals surface area contributed by atoms with Crippen molar-refractivity contribution in [2.24, 2.45) is 0 Å². The van der Waals surface area contributed by atoms with Gasteiger partial charge in [-0.25, -0.2) is 4.79 Å². The Hall–Kier alpha value is -2.01. The average molecular weight is 293 g/mol. The Morgan fingerprint density at radius 3 is 2.90 bits per heavy atom. The molecule has 1 aromatic heterocycles. The topological polar surface area (TPSA) is 64.1 Å². The van der Waals surface area contributed by atoms with E-state index < -0.39 is 5.69 Å². The molecule has 0 radical (unpaired) electrons. The first kappa shape index (κ1) is 13.0. The second kappa shape index (κ2) is 4.83. The van der Waals surface area contributed by atoms with E-state index in [0.717, 1.165) is 15.9 Å². The molecule has 0 saturated carbocycles. The van der Waals surface area contributed by atoms with Gasteiger partial charge in [0.2, 0.25) is 0 Å². The number of hydrogen-bond acceptors (Lipinski definition) is 3. The van der Waals surface area contributed by atoms with Gasteiger partial charge in [-0.15, -0.1) is 0 Å². The zero-order valence-electron chi connectivity index (χ0n) is 10.9. The highest BCUT2D eigenvalue weighted by Crippen LogP contribution is 2.28. The van der Waals surface area contributed by atoms with Gasteiger partial charge in [-0.05, 0) is 18.6 Å². The smallest absolute Gasteiger partial charge is 0.329 e. The van der Waals surface area contributed by atoms with Gasteiger partial charge in [0.05, 0.1) is 6.54 Å². The molecule has 1 N–H and O–H groups in total. The number of H-pyrrole nitrogens is 1. The zero-order valence-corrected chi connectivity index (χ0v) is 11.6. The molecule has 2 aromatic rings. The van der Waals surface area contributed by atoms with Crippen LogP contribution in [0.1, 0.15) is 11.1 Å². The molecule has 20 heavy (non-hydrogen) atoms. The van der Waals surface area contributed by atoms with Gasteiger partial charge in [0, 0.05) is 12.0 Å². The minimum Gasteiger partial charge on any atom is -0.488 e. The van der Waals surface area contributed by atoms with Crippen molar-refractivity contribution in [3.05, 3.63) is 61.4 Å². The summed E-state index contributed by atoms with van der Waals surface area (Å²) in [6.45, 7) is 1.79. The first-order chi connectivity index (χ1) is 9.56. The Kier molecular flexibility index (Phi) is 3.14. The highest BCUT2D eigenvalue weighted by Gasteiger charge is 2.24. The lowest BCUT2D eigenvalue weighted by Crippen LogP contribution is -2.40. The molecule has 1 aliphatic rings. The average Bonchev–Trinajstić information content (AvgIpc) is 2.83. The van der Waals surface area contributed by atoms with Crippen LogP contribution in [0.25, 0.3) is 0 Å². The molecular formula is C14H13ClN2O3. The van der Waals surface area contributed by atoms with E-state index in [2.05, 4.69) is 4.98 Å². The maximum atomic E-state index is 12.1. The van der Waals surface area contributed by atoms with Gasteiger partial charge in [-0.3, -0.25) is 14.3 Å². The van der Waals surface area contributed by atoms with Crippen molar-refractivity contribution in [3.63, 3.8) is 0 Å². The van der Waals surface area contributed by atoms with Gasteiger partial charge < -0.3 is 4.74 Å². The van der Waals surface area contributed by atoms with E-state index in [0.29, 0.717) is 12.0 Å². The summed E-state index contributed by atoms with van der Waals surface area (Å²) in [6.07, 6.45) is 0.468. The molecule has 0 bridgehead atoms. The van der Waals surface area contributed by atoms with Gasteiger partial charge in [-0.1, -0.05) is 29.8 Å². The van der Waals surface area contributed by atoms with Gasteiger partial charge in [0.15, 0.2) is 0 Å². The SMILES string of the molecule is Cc1c(Cl)[nH]c(=O)n(CC2Cc3ccccc3O2)c1=O. The van der Waals surface area contributed by atoms with Crippen LogP contribution >= 0.6 is 11.6 Å². The summed E-state index contributed by atoms with van der Waals surface area (Å²) in [7, 11) is 0. The highest BCUT2D eigenvalue weighted by atomic mass is 35.5. The number of halogens is 1. The summed E-state index contributed by atoms with van der Waals surface area (Å²) in [5.74, 6) is 0.813. The van der Waals surface area contributed by atoms with Crippen LogP contribution in [0.5, 0.6) is 5.75 Å². The highest BCUT2D eigenvalue weighted by molar-refractivity contribution is 6.30. The van der Waals surface area contributed by atoms with Crippen molar-refractivity contribution >= 4 is 11.6 Å². The predicted octanol–water partition coefficient (Wildman–Crippen LogP) is 1.50. The summed E-state index contributed by atoms with van der Waals surface area (Å²) in [4.78, 5) is 26.4. The predicted molar refractivity (Wildman–Crippen MR) is 75.6 cm³/mol. The summed E-state index contributed by atoms with van der Waals surface area (Å²) in [5, 5.41) is 0.0897. The molecule has 1 unspecified atom stereocenters. The number of nitrogens with zero attached hydrogens (tertiary/aromatic N) is 1. The molecule has 1 aliphatic heterocycles. The summed E-state index contributed by atoms with van der Waals surface area (Å²) in [6, 6.07) is 7.70. The molecule has 6 heteroatoms. The quantitative estimate of drug-likeness (QED) is 0.853. The van der Waals surface area contributed by atoms with Gasteiger partial charge in [0.1, 0.15) is 17.0 Å². The minimum atomic E-state index is -0.509. The van der Waals surface area contributed by atoms with Crippen LogP contribution in [0.2, 0.25) is 5.15 Å². The maximum Gasteiger partial charge on any atom is 0.329 e. The van der Waals surface area contributed by atoms with E-state index in [9.17, 15) is 9.59 Å². The van der Waals surface area contributed by atoms with Gasteiger partial charge >= 0.3 is 5.69 Å². The normalized spacial score (nSPS) is 16.8. The third kappa shape index (κ3) is 2.14. The third-order valence-corrected chi connectivity index (χ3v) is 3.84. The van der Waals surface area contributed by atoms with E-state index >= 15 is 0 Å². The van der Waals surface area contributed by atoms with E-state index in [4.69, 9.17) is 16.3 Å². The van der Waals surface area contributed by atoms with E-state index in [-0.39, 0.29) is 23.4 Å². The van der Waals surface area contributed by atoms with Crippen molar-refractivity contribution in [1.82, 2.24) is 9.55 Å². The van der Waals surface area contributed by atoms with Gasteiger partial charge in [0.25, 0.3) is 5.56 Å². The number of para-hydroxylation sites is 1. The van der Waals surface area contributed by atoms with Crippen LogP contribution in [-0.2, 0) is 13.0 Å². The lowest BCUT2D eigenvalue weighted by molar-refractivity contribution is 0.205.